The van der Waals surface area contributed by atoms with Crippen molar-refractivity contribution in [1.82, 2.24) is 19.9 Å². The maximum absolute atomic E-state index is 5.46. The topological polar surface area (TPSA) is 65.2 Å². The van der Waals surface area contributed by atoms with Crippen LogP contribution in [0.5, 0.6) is 0 Å². The molecule has 6 nitrogen and oxygen atoms in total. The summed E-state index contributed by atoms with van der Waals surface area (Å²) in [6.45, 7) is 10.7. The van der Waals surface area contributed by atoms with Gasteiger partial charge in [0.2, 0.25) is 0 Å². The second kappa shape index (κ2) is 7.56. The first-order valence-corrected chi connectivity index (χ1v) is 10.4. The van der Waals surface area contributed by atoms with Crippen LogP contribution in [-0.2, 0) is 11.3 Å². The van der Waals surface area contributed by atoms with Gasteiger partial charge in [0.25, 0.3) is 0 Å². The smallest absolute Gasteiger partial charge is 0.194 e. The standard InChI is InChI=1S/C18H21N5OS2/c1-11-4-5-19-18(20-11)26-17-15-12(2)13(3)25-16(15)21-14(22-17)10-23-6-8-24-9-7-23/h4-5H,6-10H2,1-3H3/p+1. The molecule has 26 heavy (non-hydrogen) atoms. The molecule has 1 aliphatic rings. The molecule has 0 unspecified atom stereocenters. The number of quaternary nitrogens is 1. The predicted octanol–water partition coefficient (Wildman–Crippen LogP) is 1.97. The minimum atomic E-state index is 0.734. The lowest BCUT2D eigenvalue weighted by molar-refractivity contribution is -0.922. The molecule has 1 N–H and O–H groups in total. The van der Waals surface area contributed by atoms with E-state index in [4.69, 9.17) is 14.7 Å². The summed E-state index contributed by atoms with van der Waals surface area (Å²) in [5.41, 5.74) is 2.22. The van der Waals surface area contributed by atoms with Crippen LogP contribution in [0, 0.1) is 20.8 Å². The number of hydrogen-bond acceptors (Lipinski definition) is 7. The average Bonchev–Trinajstić information content (AvgIpc) is 2.90. The van der Waals surface area contributed by atoms with Gasteiger partial charge in [-0.2, -0.15) is 0 Å². The Morgan fingerprint density at radius 3 is 2.73 bits per heavy atom. The number of morpholine rings is 1. The van der Waals surface area contributed by atoms with E-state index in [1.165, 1.54) is 27.1 Å². The van der Waals surface area contributed by atoms with Crippen molar-refractivity contribution in [3.63, 3.8) is 0 Å². The van der Waals surface area contributed by atoms with Gasteiger partial charge >= 0.3 is 0 Å². The second-order valence-electron chi connectivity index (χ2n) is 6.53. The first-order valence-electron chi connectivity index (χ1n) is 8.75. The minimum Gasteiger partial charge on any atom is -0.370 e. The van der Waals surface area contributed by atoms with E-state index in [-0.39, 0.29) is 0 Å². The zero-order chi connectivity index (χ0) is 18.1. The van der Waals surface area contributed by atoms with Crippen LogP contribution in [0.3, 0.4) is 0 Å². The van der Waals surface area contributed by atoms with Crippen molar-refractivity contribution in [1.29, 1.82) is 0 Å². The van der Waals surface area contributed by atoms with Gasteiger partial charge < -0.3 is 9.64 Å². The molecule has 0 aliphatic carbocycles. The number of thiophene rings is 1. The zero-order valence-electron chi connectivity index (χ0n) is 15.2. The highest BCUT2D eigenvalue weighted by Gasteiger charge is 2.20. The molecule has 1 saturated heterocycles. The summed E-state index contributed by atoms with van der Waals surface area (Å²) in [7, 11) is 0. The number of hydrogen-bond donors (Lipinski definition) is 1. The number of fused-ring (bicyclic) bond motifs is 1. The quantitative estimate of drug-likeness (QED) is 0.545. The van der Waals surface area contributed by atoms with Gasteiger partial charge in [-0.05, 0) is 44.2 Å². The lowest BCUT2D eigenvalue weighted by Crippen LogP contribution is -3.12. The van der Waals surface area contributed by atoms with Crippen LogP contribution in [0.4, 0.5) is 0 Å². The average molecular weight is 389 g/mol. The van der Waals surface area contributed by atoms with Crippen LogP contribution < -0.4 is 4.90 Å². The molecule has 1 fully saturated rings. The third-order valence-electron chi connectivity index (χ3n) is 4.61. The third kappa shape index (κ3) is 3.73. The molecular weight excluding hydrogens is 366 g/mol. The highest BCUT2D eigenvalue weighted by Crippen LogP contribution is 2.36. The van der Waals surface area contributed by atoms with Crippen LogP contribution in [0.15, 0.2) is 22.4 Å². The van der Waals surface area contributed by atoms with E-state index in [0.29, 0.717) is 0 Å². The number of aromatic nitrogens is 4. The van der Waals surface area contributed by atoms with E-state index < -0.39 is 0 Å². The van der Waals surface area contributed by atoms with Gasteiger partial charge in [0.15, 0.2) is 11.0 Å². The lowest BCUT2D eigenvalue weighted by atomic mass is 10.2. The van der Waals surface area contributed by atoms with Crippen molar-refractivity contribution in [2.45, 2.75) is 37.5 Å². The number of aryl methyl sites for hydroxylation is 3. The fraction of sp³-hybridized carbons (Fsp3) is 0.444. The fourth-order valence-electron chi connectivity index (χ4n) is 3.03. The fourth-order valence-corrected chi connectivity index (χ4v) is 5.12. The normalized spacial score (nSPS) is 15.7. The molecule has 0 bridgehead atoms. The van der Waals surface area contributed by atoms with Gasteiger partial charge in [0.1, 0.15) is 29.5 Å². The van der Waals surface area contributed by atoms with Gasteiger partial charge in [-0.1, -0.05) is 0 Å². The minimum absolute atomic E-state index is 0.734. The molecular formula is C18H22N5OS2+. The van der Waals surface area contributed by atoms with E-state index >= 15 is 0 Å². The van der Waals surface area contributed by atoms with E-state index in [9.17, 15) is 0 Å². The molecule has 0 atom stereocenters. The monoisotopic (exact) mass is 388 g/mol. The summed E-state index contributed by atoms with van der Waals surface area (Å²) >= 11 is 3.28. The molecule has 0 spiro atoms. The van der Waals surface area contributed by atoms with Crippen molar-refractivity contribution in [2.75, 3.05) is 26.3 Å². The number of nitrogens with zero attached hydrogens (tertiary/aromatic N) is 4. The third-order valence-corrected chi connectivity index (χ3v) is 6.58. The van der Waals surface area contributed by atoms with Crippen molar-refractivity contribution < 1.29 is 9.64 Å². The van der Waals surface area contributed by atoms with Gasteiger partial charge in [-0.15, -0.1) is 11.3 Å². The van der Waals surface area contributed by atoms with Crippen LogP contribution >= 0.6 is 23.1 Å². The van der Waals surface area contributed by atoms with Crippen molar-refractivity contribution in [3.05, 3.63) is 34.2 Å². The number of nitrogens with one attached hydrogen (secondary N) is 1. The molecule has 4 rings (SSSR count). The Hall–Kier alpha value is -1.61. The lowest BCUT2D eigenvalue weighted by Gasteiger charge is -2.23. The summed E-state index contributed by atoms with van der Waals surface area (Å²) < 4.78 is 5.46. The first kappa shape index (κ1) is 17.8. The van der Waals surface area contributed by atoms with E-state index in [0.717, 1.165) is 64.8 Å². The van der Waals surface area contributed by atoms with Crippen molar-refractivity contribution in [3.8, 4) is 0 Å². The van der Waals surface area contributed by atoms with E-state index in [1.807, 2.05) is 13.0 Å². The van der Waals surface area contributed by atoms with Crippen LogP contribution in [-0.4, -0.2) is 46.2 Å². The zero-order valence-corrected chi connectivity index (χ0v) is 16.8. The molecule has 0 aromatic carbocycles. The van der Waals surface area contributed by atoms with Gasteiger partial charge in [0, 0.05) is 22.2 Å². The Labute approximate surface area is 161 Å². The Morgan fingerprint density at radius 1 is 1.15 bits per heavy atom. The summed E-state index contributed by atoms with van der Waals surface area (Å²) in [5.74, 6) is 0.894. The van der Waals surface area contributed by atoms with E-state index in [2.05, 4.69) is 23.8 Å². The summed E-state index contributed by atoms with van der Waals surface area (Å²) in [4.78, 5) is 22.5. The molecule has 136 valence electrons. The van der Waals surface area contributed by atoms with Crippen molar-refractivity contribution in [2.24, 2.45) is 0 Å². The molecule has 0 radical (unpaired) electrons. The molecule has 8 heteroatoms. The maximum atomic E-state index is 5.46. The Balaban J connectivity index is 1.72. The summed E-state index contributed by atoms with van der Waals surface area (Å²) in [5, 5.41) is 2.84. The van der Waals surface area contributed by atoms with Crippen LogP contribution in [0.2, 0.25) is 0 Å². The van der Waals surface area contributed by atoms with Crippen LogP contribution in [0.1, 0.15) is 22.0 Å². The first-order chi connectivity index (χ1) is 12.6. The second-order valence-corrected chi connectivity index (χ2v) is 8.69. The van der Waals surface area contributed by atoms with Gasteiger partial charge in [-0.3, -0.25) is 0 Å². The Bertz CT molecular complexity index is 937. The summed E-state index contributed by atoms with van der Waals surface area (Å²) in [6.07, 6.45) is 1.80. The van der Waals surface area contributed by atoms with Gasteiger partial charge in [-0.25, -0.2) is 19.9 Å². The molecule has 3 aromatic heterocycles. The van der Waals surface area contributed by atoms with E-state index in [1.54, 1.807) is 17.5 Å². The van der Waals surface area contributed by atoms with Gasteiger partial charge in [0.05, 0.1) is 13.2 Å². The molecule has 3 aromatic rings. The van der Waals surface area contributed by atoms with Crippen molar-refractivity contribution >= 4 is 33.3 Å². The molecule has 0 saturated carbocycles. The highest BCUT2D eigenvalue weighted by molar-refractivity contribution is 7.99. The molecule has 4 heterocycles. The number of rotatable bonds is 4. The Kier molecular flexibility index (Phi) is 5.17. The Morgan fingerprint density at radius 2 is 1.96 bits per heavy atom. The largest absolute Gasteiger partial charge is 0.370 e. The predicted molar refractivity (Wildman–Crippen MR) is 103 cm³/mol. The highest BCUT2D eigenvalue weighted by atomic mass is 32.2. The van der Waals surface area contributed by atoms with Crippen LogP contribution in [0.25, 0.3) is 10.2 Å². The summed E-state index contributed by atoms with van der Waals surface area (Å²) in [6, 6.07) is 1.91. The number of ether oxygens (including phenoxy) is 1. The molecule has 0 amide bonds. The SMILES string of the molecule is Cc1ccnc(Sc2nc(C[NH+]3CCOCC3)nc3sc(C)c(C)c23)n1. The maximum Gasteiger partial charge on any atom is 0.194 e. The molecule has 1 aliphatic heterocycles.